The molecule has 0 radical (unpaired) electrons. The summed E-state index contributed by atoms with van der Waals surface area (Å²) in [5.41, 5.74) is 0. The number of aliphatic hydroxyl groups excluding tert-OH is 1. The summed E-state index contributed by atoms with van der Waals surface area (Å²) in [6, 6.07) is 0.782. The Kier molecular flexibility index (Phi) is 3.83. The molecule has 0 saturated heterocycles. The fraction of sp³-hybridized carbons (Fsp3) is 0.444. The first kappa shape index (κ1) is 11.4. The molecule has 0 aliphatic heterocycles. The van der Waals surface area contributed by atoms with Crippen LogP contribution in [0.3, 0.4) is 0 Å². The number of aromatic nitrogens is 1. The van der Waals surface area contributed by atoms with Crippen molar-refractivity contribution in [2.45, 2.75) is 30.2 Å². The van der Waals surface area contributed by atoms with E-state index in [1.807, 2.05) is 0 Å². The van der Waals surface area contributed by atoms with E-state index in [0.29, 0.717) is 0 Å². The first-order valence-electron chi connectivity index (χ1n) is 4.16. The highest BCUT2D eigenvalue weighted by Crippen LogP contribution is 2.25. The Hall–Kier alpha value is -0.680. The van der Waals surface area contributed by atoms with Gasteiger partial charge in [0, 0.05) is 11.3 Å². The molecule has 0 aromatic carbocycles. The SMILES string of the molecule is CC(O)C(C)Sc1ncc(F)cc1F. The average Bonchev–Trinajstić information content (AvgIpc) is 2.09. The van der Waals surface area contributed by atoms with Crippen LogP contribution >= 0.6 is 11.8 Å². The van der Waals surface area contributed by atoms with Crippen molar-refractivity contribution in [1.29, 1.82) is 0 Å². The van der Waals surface area contributed by atoms with E-state index in [0.717, 1.165) is 24.0 Å². The smallest absolute Gasteiger partial charge is 0.158 e. The van der Waals surface area contributed by atoms with Gasteiger partial charge in [0.1, 0.15) is 10.8 Å². The standard InChI is InChI=1S/C9H11F2NOS/c1-5(13)6(2)14-9-8(11)3-7(10)4-12-9/h3-6,13H,1-2H3. The van der Waals surface area contributed by atoms with Gasteiger partial charge in [-0.1, -0.05) is 18.7 Å². The molecule has 2 atom stereocenters. The lowest BCUT2D eigenvalue weighted by molar-refractivity contribution is 0.196. The van der Waals surface area contributed by atoms with Gasteiger partial charge in [-0.15, -0.1) is 0 Å². The van der Waals surface area contributed by atoms with E-state index in [4.69, 9.17) is 0 Å². The molecule has 1 aromatic rings. The van der Waals surface area contributed by atoms with Crippen molar-refractivity contribution in [2.24, 2.45) is 0 Å². The minimum Gasteiger partial charge on any atom is -0.392 e. The van der Waals surface area contributed by atoms with Crippen LogP contribution in [-0.2, 0) is 0 Å². The third kappa shape index (κ3) is 2.92. The second-order valence-corrected chi connectivity index (χ2v) is 4.37. The van der Waals surface area contributed by atoms with E-state index in [9.17, 15) is 13.9 Å². The molecule has 1 rings (SSSR count). The van der Waals surface area contributed by atoms with Crippen molar-refractivity contribution in [2.75, 3.05) is 0 Å². The minimum atomic E-state index is -0.698. The largest absolute Gasteiger partial charge is 0.392 e. The van der Waals surface area contributed by atoms with Gasteiger partial charge in [0.15, 0.2) is 5.82 Å². The zero-order valence-electron chi connectivity index (χ0n) is 7.87. The molecule has 1 aromatic heterocycles. The molecule has 0 fully saturated rings. The first-order chi connectivity index (χ1) is 6.50. The third-order valence-corrected chi connectivity index (χ3v) is 3.04. The van der Waals surface area contributed by atoms with Crippen molar-refractivity contribution in [3.05, 3.63) is 23.9 Å². The van der Waals surface area contributed by atoms with E-state index < -0.39 is 17.7 Å². The number of nitrogens with zero attached hydrogens (tertiary/aromatic N) is 1. The first-order valence-corrected chi connectivity index (χ1v) is 5.04. The van der Waals surface area contributed by atoms with E-state index in [1.54, 1.807) is 13.8 Å². The van der Waals surface area contributed by atoms with Crippen molar-refractivity contribution in [3.8, 4) is 0 Å². The maximum atomic E-state index is 13.1. The van der Waals surface area contributed by atoms with Gasteiger partial charge in [-0.25, -0.2) is 13.8 Å². The second kappa shape index (κ2) is 4.70. The molecule has 0 amide bonds. The number of pyridine rings is 1. The summed E-state index contributed by atoms with van der Waals surface area (Å²) >= 11 is 1.08. The van der Waals surface area contributed by atoms with E-state index in [1.165, 1.54) is 0 Å². The molecule has 0 spiro atoms. The summed E-state index contributed by atoms with van der Waals surface area (Å²) < 4.78 is 25.6. The monoisotopic (exact) mass is 219 g/mol. The zero-order valence-corrected chi connectivity index (χ0v) is 8.68. The van der Waals surface area contributed by atoms with Crippen molar-refractivity contribution in [3.63, 3.8) is 0 Å². The molecule has 2 unspecified atom stereocenters. The summed E-state index contributed by atoms with van der Waals surface area (Å²) in [7, 11) is 0. The molecule has 5 heteroatoms. The summed E-state index contributed by atoms with van der Waals surface area (Å²) in [5, 5.41) is 9.12. The van der Waals surface area contributed by atoms with Gasteiger partial charge < -0.3 is 5.11 Å². The molecule has 0 saturated carbocycles. The van der Waals surface area contributed by atoms with E-state index in [2.05, 4.69) is 4.98 Å². The number of rotatable bonds is 3. The maximum absolute atomic E-state index is 13.1. The molecule has 2 nitrogen and oxygen atoms in total. The molecular formula is C9H11F2NOS. The van der Waals surface area contributed by atoms with Gasteiger partial charge in [-0.05, 0) is 6.92 Å². The Balaban J connectivity index is 2.77. The van der Waals surface area contributed by atoms with Crippen LogP contribution < -0.4 is 0 Å². The Morgan fingerprint density at radius 2 is 2.07 bits per heavy atom. The van der Waals surface area contributed by atoms with Crippen molar-refractivity contribution in [1.82, 2.24) is 4.98 Å². The Labute approximate surface area is 85.4 Å². The predicted molar refractivity (Wildman–Crippen MR) is 51.2 cm³/mol. The number of halogens is 2. The average molecular weight is 219 g/mol. The van der Waals surface area contributed by atoms with Crippen LogP contribution in [0.2, 0.25) is 0 Å². The number of hydrogen-bond acceptors (Lipinski definition) is 3. The molecule has 1 heterocycles. The quantitative estimate of drug-likeness (QED) is 0.791. The summed E-state index contributed by atoms with van der Waals surface area (Å²) in [5.74, 6) is -1.39. The fourth-order valence-electron chi connectivity index (χ4n) is 0.763. The van der Waals surface area contributed by atoms with Crippen LogP contribution in [0, 0.1) is 11.6 Å². The van der Waals surface area contributed by atoms with Crippen LogP contribution in [0.25, 0.3) is 0 Å². The van der Waals surface area contributed by atoms with Crippen LogP contribution in [0.1, 0.15) is 13.8 Å². The fourth-order valence-corrected chi connectivity index (χ4v) is 1.60. The highest BCUT2D eigenvalue weighted by Gasteiger charge is 2.14. The summed E-state index contributed by atoms with van der Waals surface area (Å²) in [6.07, 6.45) is 0.395. The second-order valence-electron chi connectivity index (χ2n) is 3.00. The van der Waals surface area contributed by atoms with Crippen LogP contribution in [0.15, 0.2) is 17.3 Å². The molecule has 0 aliphatic rings. The molecule has 78 valence electrons. The number of thioether (sulfide) groups is 1. The van der Waals surface area contributed by atoms with Crippen LogP contribution in [-0.4, -0.2) is 21.4 Å². The van der Waals surface area contributed by atoms with Crippen molar-refractivity contribution < 1.29 is 13.9 Å². The third-order valence-electron chi connectivity index (χ3n) is 1.75. The van der Waals surface area contributed by atoms with Crippen LogP contribution in [0.4, 0.5) is 8.78 Å². The van der Waals surface area contributed by atoms with Crippen molar-refractivity contribution >= 4 is 11.8 Å². The Morgan fingerprint density at radius 3 is 2.57 bits per heavy atom. The molecular weight excluding hydrogens is 208 g/mol. The van der Waals surface area contributed by atoms with E-state index in [-0.39, 0.29) is 10.3 Å². The van der Waals surface area contributed by atoms with E-state index >= 15 is 0 Å². The molecule has 0 bridgehead atoms. The lowest BCUT2D eigenvalue weighted by atomic mass is 10.3. The Morgan fingerprint density at radius 1 is 1.43 bits per heavy atom. The molecule has 14 heavy (non-hydrogen) atoms. The highest BCUT2D eigenvalue weighted by atomic mass is 32.2. The van der Waals surface area contributed by atoms with Gasteiger partial charge in [0.25, 0.3) is 0 Å². The lowest BCUT2D eigenvalue weighted by Crippen LogP contribution is -2.15. The van der Waals surface area contributed by atoms with Gasteiger partial charge >= 0.3 is 0 Å². The topological polar surface area (TPSA) is 33.1 Å². The lowest BCUT2D eigenvalue weighted by Gasteiger charge is -2.13. The Bertz CT molecular complexity index is 320. The summed E-state index contributed by atoms with van der Waals surface area (Å²) in [6.45, 7) is 3.36. The summed E-state index contributed by atoms with van der Waals surface area (Å²) in [4.78, 5) is 3.60. The number of aliphatic hydroxyl groups is 1. The molecule has 1 N–H and O–H groups in total. The van der Waals surface area contributed by atoms with Gasteiger partial charge in [-0.2, -0.15) is 0 Å². The number of hydrogen-bond donors (Lipinski definition) is 1. The van der Waals surface area contributed by atoms with Gasteiger partial charge in [0.05, 0.1) is 12.3 Å². The predicted octanol–water partition coefficient (Wildman–Crippen LogP) is 2.22. The van der Waals surface area contributed by atoms with Gasteiger partial charge in [0.2, 0.25) is 0 Å². The normalized spacial score (nSPS) is 15.2. The highest BCUT2D eigenvalue weighted by molar-refractivity contribution is 7.99. The van der Waals surface area contributed by atoms with Gasteiger partial charge in [-0.3, -0.25) is 0 Å². The minimum absolute atomic E-state index is 0.111. The van der Waals surface area contributed by atoms with Crippen LogP contribution in [0.5, 0.6) is 0 Å². The maximum Gasteiger partial charge on any atom is 0.158 e. The molecule has 0 aliphatic carbocycles. The zero-order chi connectivity index (χ0) is 10.7.